The third kappa shape index (κ3) is 4.53. The first kappa shape index (κ1) is 30.2. The van der Waals surface area contributed by atoms with Crippen LogP contribution in [0.5, 0.6) is 11.5 Å². The van der Waals surface area contributed by atoms with Crippen LogP contribution in [0.15, 0.2) is 114 Å². The van der Waals surface area contributed by atoms with Gasteiger partial charge in [0.25, 0.3) is 0 Å². The number of hydrogen-bond donors (Lipinski definition) is 0. The minimum atomic E-state index is -0.176. The molecule has 1 aliphatic carbocycles. The van der Waals surface area contributed by atoms with Gasteiger partial charge in [0, 0.05) is 39.6 Å². The molecule has 0 bridgehead atoms. The van der Waals surface area contributed by atoms with Gasteiger partial charge in [-0.1, -0.05) is 80.1 Å². The lowest BCUT2D eigenvalue weighted by molar-refractivity contribution is 0.182. The van der Waals surface area contributed by atoms with Gasteiger partial charge in [-0.25, -0.2) is 9.98 Å². The third-order valence-corrected chi connectivity index (χ3v) is 11.5. The number of benzene rings is 5. The van der Waals surface area contributed by atoms with E-state index < -0.39 is 0 Å². The molecule has 250 valence electrons. The lowest BCUT2D eigenvalue weighted by atomic mass is 9.75. The van der Waals surface area contributed by atoms with Gasteiger partial charge in [0.15, 0.2) is 0 Å². The van der Waals surface area contributed by atoms with E-state index in [-0.39, 0.29) is 17.6 Å². The van der Waals surface area contributed by atoms with Crippen LogP contribution in [0.25, 0.3) is 38.8 Å². The quantitative estimate of drug-likeness (QED) is 0.188. The predicted molar refractivity (Wildman–Crippen MR) is 206 cm³/mol. The molecule has 51 heavy (non-hydrogen) atoms. The van der Waals surface area contributed by atoms with E-state index in [1.807, 2.05) is 18.3 Å². The first-order chi connectivity index (χ1) is 24.7. The summed E-state index contributed by atoms with van der Waals surface area (Å²) in [5.41, 5.74) is 14.1. The van der Waals surface area contributed by atoms with Gasteiger partial charge >= 0.3 is 0 Å². The molecule has 4 heterocycles. The molecule has 0 amide bonds. The van der Waals surface area contributed by atoms with Gasteiger partial charge in [0.2, 0.25) is 5.90 Å². The number of hydrogen-bond acceptors (Lipinski definition) is 4. The van der Waals surface area contributed by atoms with Gasteiger partial charge < -0.3 is 9.47 Å². The zero-order valence-corrected chi connectivity index (χ0v) is 29.6. The molecule has 0 saturated carbocycles. The Kier molecular flexibility index (Phi) is 6.45. The van der Waals surface area contributed by atoms with E-state index in [9.17, 15) is 0 Å². The molecule has 10 rings (SSSR count). The van der Waals surface area contributed by atoms with Crippen LogP contribution in [0.1, 0.15) is 70.9 Å². The van der Waals surface area contributed by atoms with Crippen LogP contribution < -0.4 is 4.74 Å². The van der Waals surface area contributed by atoms with Gasteiger partial charge in [-0.2, -0.15) is 0 Å². The number of aryl methyl sites for hydroxylation is 3. The van der Waals surface area contributed by atoms with E-state index in [1.165, 1.54) is 49.7 Å². The summed E-state index contributed by atoms with van der Waals surface area (Å²) in [5, 5.41) is 2.46. The van der Waals surface area contributed by atoms with Gasteiger partial charge in [0.05, 0.1) is 17.1 Å². The topological polar surface area (TPSA) is 48.6 Å². The summed E-state index contributed by atoms with van der Waals surface area (Å²) >= 11 is 0. The molecule has 0 fully saturated rings. The van der Waals surface area contributed by atoms with Crippen LogP contribution in [0.2, 0.25) is 0 Å². The summed E-state index contributed by atoms with van der Waals surface area (Å²) in [6.07, 6.45) is 3.85. The Morgan fingerprint density at radius 3 is 2.47 bits per heavy atom. The van der Waals surface area contributed by atoms with Crippen LogP contribution >= 0.6 is 0 Å². The SMILES string of the molecule is Cc1cc2c3c(c1)c1cc(C)c(Oc4cc(C5=N[C@@H]6CCc7c(C)cccc7[C@@H]6O5)cc(-c5ccccc5)c4)cc1n3-c1ncccc1C2(C)C. The highest BCUT2D eigenvalue weighted by Gasteiger charge is 2.38. The van der Waals surface area contributed by atoms with Crippen molar-refractivity contribution in [2.45, 2.75) is 65.0 Å². The number of fused-ring (bicyclic) bond motifs is 8. The molecule has 0 spiro atoms. The van der Waals surface area contributed by atoms with Crippen LogP contribution in [-0.4, -0.2) is 21.5 Å². The monoisotopic (exact) mass is 665 g/mol. The number of ether oxygens (including phenoxy) is 2. The Morgan fingerprint density at radius 2 is 1.61 bits per heavy atom. The number of aromatic nitrogens is 2. The molecule has 5 nitrogen and oxygen atoms in total. The maximum Gasteiger partial charge on any atom is 0.217 e. The second-order valence-electron chi connectivity index (χ2n) is 15.1. The van der Waals surface area contributed by atoms with Crippen LogP contribution in [0.3, 0.4) is 0 Å². The van der Waals surface area contributed by atoms with Crippen molar-refractivity contribution in [3.63, 3.8) is 0 Å². The number of aliphatic imine (C=N–C) groups is 1. The minimum absolute atomic E-state index is 0.0616. The Bertz CT molecular complexity index is 2610. The van der Waals surface area contributed by atoms with Gasteiger partial charge in [-0.3, -0.25) is 4.57 Å². The summed E-state index contributed by atoms with van der Waals surface area (Å²) in [5.74, 6) is 3.23. The van der Waals surface area contributed by atoms with Crippen molar-refractivity contribution in [3.05, 3.63) is 154 Å². The summed E-state index contributed by atoms with van der Waals surface area (Å²) in [6.45, 7) is 11.2. The van der Waals surface area contributed by atoms with Gasteiger partial charge in [0.1, 0.15) is 23.4 Å². The second kappa shape index (κ2) is 10.9. The predicted octanol–water partition coefficient (Wildman–Crippen LogP) is 11.0. The average Bonchev–Trinajstić information content (AvgIpc) is 3.71. The zero-order valence-electron chi connectivity index (χ0n) is 29.6. The van der Waals surface area contributed by atoms with Crippen LogP contribution in [0, 0.1) is 20.8 Å². The maximum absolute atomic E-state index is 6.92. The molecule has 0 unspecified atom stereocenters. The van der Waals surface area contributed by atoms with E-state index >= 15 is 0 Å². The number of pyridine rings is 1. The number of nitrogens with zero attached hydrogens (tertiary/aromatic N) is 3. The summed E-state index contributed by atoms with van der Waals surface area (Å²) in [4.78, 5) is 10.1. The molecule has 2 aromatic heterocycles. The molecule has 0 N–H and O–H groups in total. The van der Waals surface area contributed by atoms with Crippen molar-refractivity contribution < 1.29 is 9.47 Å². The van der Waals surface area contributed by atoms with Crippen molar-refractivity contribution in [3.8, 4) is 28.4 Å². The van der Waals surface area contributed by atoms with Crippen molar-refractivity contribution in [1.82, 2.24) is 9.55 Å². The molecule has 2 aliphatic heterocycles. The molecule has 7 aromatic rings. The fraction of sp³-hybridized carbons (Fsp3) is 0.217. The molecule has 0 radical (unpaired) electrons. The molecule has 0 saturated heterocycles. The van der Waals surface area contributed by atoms with Gasteiger partial charge in [-0.15, -0.1) is 0 Å². The van der Waals surface area contributed by atoms with E-state index in [2.05, 4.69) is 130 Å². The van der Waals surface area contributed by atoms with Crippen molar-refractivity contribution >= 4 is 27.7 Å². The van der Waals surface area contributed by atoms with E-state index in [1.54, 1.807) is 0 Å². The summed E-state index contributed by atoms with van der Waals surface area (Å²) in [6, 6.07) is 36.9. The van der Waals surface area contributed by atoms with Crippen LogP contribution in [0.4, 0.5) is 0 Å². The molecule has 5 aromatic carbocycles. The first-order valence-electron chi connectivity index (χ1n) is 18.0. The fourth-order valence-corrected chi connectivity index (χ4v) is 8.85. The Balaban J connectivity index is 1.11. The Hall–Kier alpha value is -5.68. The van der Waals surface area contributed by atoms with Crippen molar-refractivity contribution in [2.75, 3.05) is 0 Å². The summed E-state index contributed by atoms with van der Waals surface area (Å²) < 4.78 is 16.0. The van der Waals surface area contributed by atoms with E-state index in [0.29, 0.717) is 5.90 Å². The molecule has 2 atom stereocenters. The van der Waals surface area contributed by atoms with Gasteiger partial charge in [-0.05, 0) is 109 Å². The molecule has 5 heteroatoms. The lowest BCUT2D eigenvalue weighted by Gasteiger charge is -2.34. The molecular formula is C46H39N3O2. The lowest BCUT2D eigenvalue weighted by Crippen LogP contribution is -2.27. The van der Waals surface area contributed by atoms with E-state index in [4.69, 9.17) is 19.5 Å². The van der Waals surface area contributed by atoms with Crippen molar-refractivity contribution in [2.24, 2.45) is 4.99 Å². The Morgan fingerprint density at radius 1 is 0.765 bits per heavy atom. The highest BCUT2D eigenvalue weighted by atomic mass is 16.5. The highest BCUT2D eigenvalue weighted by Crippen LogP contribution is 2.48. The average molecular weight is 666 g/mol. The minimum Gasteiger partial charge on any atom is -0.467 e. The first-order valence-corrected chi connectivity index (χ1v) is 18.0. The second-order valence-corrected chi connectivity index (χ2v) is 15.1. The molecular weight excluding hydrogens is 627 g/mol. The normalized spacial score (nSPS) is 18.2. The fourth-order valence-electron chi connectivity index (χ4n) is 8.85. The standard InChI is InChI=1S/C46H39N3O2/c1-26-19-36-35-21-28(3)41(25-40(35)49-42(36)38(20-26)46(4,5)37-15-10-18-47-44(37)49)50-32-23-30(29-12-7-6-8-13-29)22-31(24-32)45-48-39-17-16-33-27(2)11-9-14-34(33)43(39)51-45/h6-15,18-25,39,43H,16-17H2,1-5H3/t39-,43+/m1/s1. The largest absolute Gasteiger partial charge is 0.467 e. The maximum atomic E-state index is 6.92. The Labute approximate surface area is 298 Å². The smallest absolute Gasteiger partial charge is 0.217 e. The summed E-state index contributed by atoms with van der Waals surface area (Å²) in [7, 11) is 0. The molecule has 3 aliphatic rings. The third-order valence-electron chi connectivity index (χ3n) is 11.5. The zero-order chi connectivity index (χ0) is 34.6. The highest BCUT2D eigenvalue weighted by molar-refractivity contribution is 6.12. The van der Waals surface area contributed by atoms with Crippen LogP contribution in [-0.2, 0) is 16.6 Å². The van der Waals surface area contributed by atoms with Crippen molar-refractivity contribution in [1.29, 1.82) is 0 Å². The van der Waals surface area contributed by atoms with E-state index in [0.717, 1.165) is 57.9 Å². The number of rotatable bonds is 4.